The second-order valence-corrected chi connectivity index (χ2v) is 17.5. The molecule has 0 saturated heterocycles. The smallest absolute Gasteiger partial charge is 0.410 e. The molecule has 2 aliphatic carbocycles. The third-order valence-electron chi connectivity index (χ3n) is 13.3. The van der Waals surface area contributed by atoms with Crippen molar-refractivity contribution in [1.82, 2.24) is 4.90 Å². The summed E-state index contributed by atoms with van der Waals surface area (Å²) < 4.78 is 59.2. The fraction of sp³-hybridized carbons (Fsp3) is 0.444. The molecule has 4 aromatic rings. The highest BCUT2D eigenvalue weighted by Gasteiger charge is 2.65. The Hall–Kier alpha value is -5.93. The van der Waals surface area contributed by atoms with E-state index < -0.39 is 23.8 Å². The van der Waals surface area contributed by atoms with E-state index in [1.54, 1.807) is 29.2 Å². The molecule has 1 amide bonds. The van der Waals surface area contributed by atoms with Crippen LogP contribution in [0.3, 0.4) is 0 Å². The molecule has 362 valence electrons. The number of aliphatic hydroxyl groups excluding tert-OH is 2. The van der Waals surface area contributed by atoms with Gasteiger partial charge in [0.05, 0.1) is 31.5 Å². The molecule has 14 heteroatoms. The van der Waals surface area contributed by atoms with Crippen molar-refractivity contribution in [3.05, 3.63) is 143 Å². The van der Waals surface area contributed by atoms with Crippen LogP contribution in [-0.4, -0.2) is 85.2 Å². The van der Waals surface area contributed by atoms with Crippen LogP contribution in [0, 0.1) is 23.6 Å². The van der Waals surface area contributed by atoms with E-state index in [9.17, 15) is 14.6 Å². The highest BCUT2D eigenvalue weighted by Crippen LogP contribution is 2.62. The van der Waals surface area contributed by atoms with Crippen LogP contribution in [0.25, 0.3) is 0 Å². The average Bonchev–Trinajstić information content (AvgIpc) is 3.84. The largest absolute Gasteiger partial charge is 0.489 e. The van der Waals surface area contributed by atoms with E-state index in [0.717, 1.165) is 47.9 Å². The van der Waals surface area contributed by atoms with Gasteiger partial charge in [-0.1, -0.05) is 84.7 Å². The van der Waals surface area contributed by atoms with Gasteiger partial charge in [0.1, 0.15) is 43.2 Å². The van der Waals surface area contributed by atoms with Crippen molar-refractivity contribution in [2.45, 2.75) is 89.4 Å². The summed E-state index contributed by atoms with van der Waals surface area (Å²) in [5.74, 6) is -0.491. The Balaban J connectivity index is 1.25. The number of fused-ring (bicyclic) bond motifs is 3. The first-order chi connectivity index (χ1) is 33.4. The van der Waals surface area contributed by atoms with Gasteiger partial charge in [0.25, 0.3) is 0 Å². The zero-order valence-electron chi connectivity index (χ0n) is 38.8. The first-order valence-corrected chi connectivity index (χ1v) is 23.9. The Morgan fingerprint density at radius 1 is 0.897 bits per heavy atom. The molecule has 4 aromatic carbocycles. The Bertz CT molecular complexity index is 2380. The Kier molecular flexibility index (Phi) is 16.7. The van der Waals surface area contributed by atoms with E-state index >= 15 is 4.79 Å². The normalized spacial score (nSPS) is 22.6. The van der Waals surface area contributed by atoms with Crippen LogP contribution >= 0.6 is 0 Å². The third kappa shape index (κ3) is 11.0. The first kappa shape index (κ1) is 48.5. The summed E-state index contributed by atoms with van der Waals surface area (Å²) in [5.41, 5.74) is 4.61. The second kappa shape index (κ2) is 23.4. The van der Waals surface area contributed by atoms with Gasteiger partial charge in [0.15, 0.2) is 11.5 Å². The highest BCUT2D eigenvalue weighted by molar-refractivity contribution is 6.03. The lowest BCUT2D eigenvalue weighted by Gasteiger charge is -2.59. The summed E-state index contributed by atoms with van der Waals surface area (Å²) >= 11 is 0. The van der Waals surface area contributed by atoms with Crippen molar-refractivity contribution >= 4 is 11.8 Å². The predicted molar refractivity (Wildman–Crippen MR) is 253 cm³/mol. The standard InChI is InChI=1S/C54H63FN2O11/c1-3-26-66-54-50(57(33-38-20-22-48-49(29-38)65-36-64-48)53(60)62-28-27-61-34-37-14-6-5-7-15-37)32-46(56-67-4-2)43-30-39(16-10-12-24-58)42(18-11-13-25-59)51(52(43)54)44-31-41(21-23-47(44)68-54)63-35-40-17-8-9-19-45(40)55/h3,5-9,14-15,17,19-23,29-31,39,42,50-52,58-59H,1,4,10-13,16,18,24-28,32-36H2,2H3. The first-order valence-electron chi connectivity index (χ1n) is 23.9. The monoisotopic (exact) mass is 934 g/mol. The van der Waals surface area contributed by atoms with Gasteiger partial charge in [-0.3, -0.25) is 4.90 Å². The second-order valence-electron chi connectivity index (χ2n) is 17.5. The molecule has 1 fully saturated rings. The summed E-state index contributed by atoms with van der Waals surface area (Å²) in [6, 6.07) is 26.7. The SMILES string of the molecule is C=CCOC12Oc3ccc(OCc4ccccc4F)cc3C3C(CCCCO)C(CCCCO)C=C(C(=NOCC)CC1N(Cc1ccc4c(c1)OCO4)C(=O)OCCOCc1ccccc1)C32. The maximum atomic E-state index is 15.0. The number of rotatable bonds is 24. The van der Waals surface area contributed by atoms with Crippen LogP contribution < -0.4 is 18.9 Å². The molecule has 1 saturated carbocycles. The molecule has 68 heavy (non-hydrogen) atoms. The zero-order chi connectivity index (χ0) is 47.3. The summed E-state index contributed by atoms with van der Waals surface area (Å²) in [5, 5.41) is 24.8. The van der Waals surface area contributed by atoms with E-state index in [1.807, 2.05) is 73.7 Å². The molecule has 0 bridgehead atoms. The molecular formula is C54H63FN2O11. The minimum Gasteiger partial charge on any atom is -0.489 e. The van der Waals surface area contributed by atoms with E-state index in [2.05, 4.69) is 12.7 Å². The maximum Gasteiger partial charge on any atom is 0.410 e. The fourth-order valence-electron chi connectivity index (χ4n) is 10.2. The summed E-state index contributed by atoms with van der Waals surface area (Å²) in [6.45, 7) is 7.14. The van der Waals surface area contributed by atoms with Crippen LogP contribution in [0.5, 0.6) is 23.0 Å². The fourth-order valence-corrected chi connectivity index (χ4v) is 10.2. The number of halogens is 1. The molecule has 0 aromatic heterocycles. The van der Waals surface area contributed by atoms with E-state index in [0.29, 0.717) is 60.3 Å². The number of oxime groups is 1. The number of benzene rings is 4. The van der Waals surface area contributed by atoms with E-state index in [1.165, 1.54) is 6.07 Å². The number of allylic oxidation sites excluding steroid dienone is 1. The van der Waals surface area contributed by atoms with Crippen LogP contribution in [-0.2, 0) is 38.8 Å². The summed E-state index contributed by atoms with van der Waals surface area (Å²) in [6.07, 6.45) is 7.88. The molecule has 6 unspecified atom stereocenters. The van der Waals surface area contributed by atoms with Gasteiger partial charge in [-0.05, 0) is 97.5 Å². The number of hydrogen-bond acceptors (Lipinski definition) is 12. The van der Waals surface area contributed by atoms with Crippen LogP contribution in [0.15, 0.2) is 120 Å². The van der Waals surface area contributed by atoms with Crippen LogP contribution in [0.1, 0.15) is 80.0 Å². The van der Waals surface area contributed by atoms with Crippen molar-refractivity contribution in [3.63, 3.8) is 0 Å². The molecule has 6 atom stereocenters. The number of carbonyl (C=O) groups is 1. The third-order valence-corrected chi connectivity index (χ3v) is 13.3. The number of unbranched alkanes of at least 4 members (excludes halogenated alkanes) is 2. The lowest BCUT2D eigenvalue weighted by atomic mass is 9.55. The van der Waals surface area contributed by atoms with Crippen LogP contribution in [0.2, 0.25) is 0 Å². The van der Waals surface area contributed by atoms with Gasteiger partial charge in [-0.15, -0.1) is 6.58 Å². The van der Waals surface area contributed by atoms with Gasteiger partial charge in [-0.25, -0.2) is 9.18 Å². The van der Waals surface area contributed by atoms with Crippen molar-refractivity contribution in [2.75, 3.05) is 46.4 Å². The number of nitrogens with zero attached hydrogens (tertiary/aromatic N) is 2. The molecule has 4 aliphatic rings. The van der Waals surface area contributed by atoms with Crippen molar-refractivity contribution < 1.29 is 57.4 Å². The van der Waals surface area contributed by atoms with Crippen LogP contribution in [0.4, 0.5) is 9.18 Å². The maximum absolute atomic E-state index is 15.0. The quantitative estimate of drug-likeness (QED) is 0.0393. The molecular weight excluding hydrogens is 872 g/mol. The van der Waals surface area contributed by atoms with Crippen molar-refractivity contribution in [2.24, 2.45) is 22.9 Å². The Morgan fingerprint density at radius 2 is 1.68 bits per heavy atom. The lowest BCUT2D eigenvalue weighted by Crippen LogP contribution is -2.70. The minimum absolute atomic E-state index is 0.0170. The van der Waals surface area contributed by atoms with Gasteiger partial charge in [0, 0.05) is 43.2 Å². The Labute approximate surface area is 398 Å². The van der Waals surface area contributed by atoms with Gasteiger partial charge < -0.3 is 48.2 Å². The van der Waals surface area contributed by atoms with E-state index in [-0.39, 0.29) is 83.0 Å². The van der Waals surface area contributed by atoms with E-state index in [4.69, 9.17) is 43.2 Å². The lowest BCUT2D eigenvalue weighted by molar-refractivity contribution is -0.256. The summed E-state index contributed by atoms with van der Waals surface area (Å²) in [7, 11) is 0. The molecule has 2 aliphatic heterocycles. The molecule has 13 nitrogen and oxygen atoms in total. The van der Waals surface area contributed by atoms with Gasteiger partial charge in [0.2, 0.25) is 12.6 Å². The number of aliphatic hydroxyl groups is 2. The molecule has 0 radical (unpaired) electrons. The molecule has 0 spiro atoms. The topological polar surface area (TPSA) is 147 Å². The predicted octanol–water partition coefficient (Wildman–Crippen LogP) is 9.64. The number of ether oxygens (including phenoxy) is 7. The zero-order valence-corrected chi connectivity index (χ0v) is 38.8. The van der Waals surface area contributed by atoms with Crippen molar-refractivity contribution in [1.29, 1.82) is 0 Å². The minimum atomic E-state index is -1.54. The molecule has 2 N–H and O–H groups in total. The Morgan fingerprint density at radius 3 is 2.47 bits per heavy atom. The molecule has 8 rings (SSSR count). The number of carbonyl (C=O) groups excluding carboxylic acids is 1. The average molecular weight is 935 g/mol. The number of hydrogen-bond donors (Lipinski definition) is 2. The van der Waals surface area contributed by atoms with Gasteiger partial charge in [-0.2, -0.15) is 0 Å². The highest BCUT2D eigenvalue weighted by atomic mass is 19.1. The molecule has 2 heterocycles. The van der Waals surface area contributed by atoms with Crippen molar-refractivity contribution in [3.8, 4) is 23.0 Å². The number of amides is 1. The van der Waals surface area contributed by atoms with Gasteiger partial charge >= 0.3 is 6.09 Å². The summed E-state index contributed by atoms with van der Waals surface area (Å²) in [4.78, 5) is 22.6.